The molecule has 0 bridgehead atoms. The second-order valence-electron chi connectivity index (χ2n) is 2.27. The molecule has 0 unspecified atom stereocenters. The minimum atomic E-state index is -4.48. The molecule has 0 aliphatic rings. The van der Waals surface area contributed by atoms with Gasteiger partial charge in [-0.1, -0.05) is 6.07 Å². The van der Waals surface area contributed by atoms with Gasteiger partial charge in [-0.3, -0.25) is 0 Å². The quantitative estimate of drug-likeness (QED) is 0.692. The van der Waals surface area contributed by atoms with Gasteiger partial charge >= 0.3 is 6.18 Å². The molecule has 0 atom stereocenters. The Kier molecular flexibility index (Phi) is 2.62. The standard InChI is InChI=1S/C8H3BrF3N/c9-7-3-1-2-6(5(7)4-13)8(10,11)12/h1-3H. The number of benzene rings is 1. The van der Waals surface area contributed by atoms with Gasteiger partial charge < -0.3 is 0 Å². The zero-order valence-electron chi connectivity index (χ0n) is 6.19. The maximum Gasteiger partial charge on any atom is 0.417 e. The number of halogens is 4. The van der Waals surface area contributed by atoms with Gasteiger partial charge in [0.25, 0.3) is 0 Å². The molecule has 5 heteroatoms. The van der Waals surface area contributed by atoms with Crippen LogP contribution in [0.25, 0.3) is 0 Å². The van der Waals surface area contributed by atoms with E-state index in [0.29, 0.717) is 0 Å². The Morgan fingerprint density at radius 3 is 2.31 bits per heavy atom. The number of rotatable bonds is 0. The maximum atomic E-state index is 12.2. The van der Waals surface area contributed by atoms with Crippen molar-refractivity contribution in [2.75, 3.05) is 0 Å². The fourth-order valence-corrected chi connectivity index (χ4v) is 1.33. The highest BCUT2D eigenvalue weighted by atomic mass is 79.9. The predicted molar refractivity (Wildman–Crippen MR) is 43.9 cm³/mol. The van der Waals surface area contributed by atoms with Gasteiger partial charge in [0.2, 0.25) is 0 Å². The summed E-state index contributed by atoms with van der Waals surface area (Å²) in [5.74, 6) is 0. The summed E-state index contributed by atoms with van der Waals surface area (Å²) >= 11 is 2.88. The number of alkyl halides is 3. The van der Waals surface area contributed by atoms with E-state index in [4.69, 9.17) is 5.26 Å². The summed E-state index contributed by atoms with van der Waals surface area (Å²) in [5.41, 5.74) is -1.29. The van der Waals surface area contributed by atoms with Crippen molar-refractivity contribution >= 4 is 15.9 Å². The lowest BCUT2D eigenvalue weighted by Gasteiger charge is -2.08. The fraction of sp³-hybridized carbons (Fsp3) is 0.125. The van der Waals surface area contributed by atoms with Crippen molar-refractivity contribution in [3.8, 4) is 6.07 Å². The third-order valence-corrected chi connectivity index (χ3v) is 2.09. The molecule has 0 aliphatic carbocycles. The lowest BCUT2D eigenvalue weighted by atomic mass is 10.1. The molecule has 0 fully saturated rings. The second kappa shape index (κ2) is 3.38. The van der Waals surface area contributed by atoms with Crippen LogP contribution in [-0.2, 0) is 6.18 Å². The molecule has 1 aromatic carbocycles. The summed E-state index contributed by atoms with van der Waals surface area (Å²) < 4.78 is 36.9. The molecular weight excluding hydrogens is 247 g/mol. The SMILES string of the molecule is N#Cc1c(Br)cccc1C(F)(F)F. The second-order valence-corrected chi connectivity index (χ2v) is 3.13. The summed E-state index contributed by atoms with van der Waals surface area (Å²) in [6.07, 6.45) is -4.48. The lowest BCUT2D eigenvalue weighted by Crippen LogP contribution is -2.07. The molecule has 1 nitrogen and oxygen atoms in total. The third-order valence-electron chi connectivity index (χ3n) is 1.43. The van der Waals surface area contributed by atoms with Crippen LogP contribution in [0.5, 0.6) is 0 Å². The molecule has 0 amide bonds. The average Bonchev–Trinajstić information content (AvgIpc) is 2.02. The van der Waals surface area contributed by atoms with E-state index in [0.717, 1.165) is 6.07 Å². The number of nitriles is 1. The Bertz CT molecular complexity index is 365. The van der Waals surface area contributed by atoms with E-state index in [9.17, 15) is 13.2 Å². The van der Waals surface area contributed by atoms with E-state index in [1.165, 1.54) is 18.2 Å². The zero-order valence-corrected chi connectivity index (χ0v) is 7.78. The van der Waals surface area contributed by atoms with Crippen LogP contribution in [0.4, 0.5) is 13.2 Å². The summed E-state index contributed by atoms with van der Waals surface area (Å²) in [6, 6.07) is 5.02. The van der Waals surface area contributed by atoms with Crippen molar-refractivity contribution in [2.24, 2.45) is 0 Å². The molecular formula is C8H3BrF3N. The van der Waals surface area contributed by atoms with E-state index in [1.54, 1.807) is 0 Å². The zero-order chi connectivity index (χ0) is 10.1. The minimum absolute atomic E-state index is 0.157. The summed E-state index contributed by atoms with van der Waals surface area (Å²) in [4.78, 5) is 0. The van der Waals surface area contributed by atoms with Gasteiger partial charge in [-0.05, 0) is 28.1 Å². The van der Waals surface area contributed by atoms with Crippen LogP contribution in [0.1, 0.15) is 11.1 Å². The van der Waals surface area contributed by atoms with E-state index in [2.05, 4.69) is 15.9 Å². The first-order chi connectivity index (χ1) is 5.96. The molecule has 0 aromatic heterocycles. The number of hydrogen-bond acceptors (Lipinski definition) is 1. The molecule has 0 saturated heterocycles. The van der Waals surface area contributed by atoms with Crippen LogP contribution < -0.4 is 0 Å². The maximum absolute atomic E-state index is 12.2. The van der Waals surface area contributed by atoms with Gasteiger partial charge in [0.05, 0.1) is 11.1 Å². The first-order valence-electron chi connectivity index (χ1n) is 3.22. The predicted octanol–water partition coefficient (Wildman–Crippen LogP) is 3.34. The summed E-state index contributed by atoms with van der Waals surface area (Å²) in [7, 11) is 0. The highest BCUT2D eigenvalue weighted by Crippen LogP contribution is 2.34. The van der Waals surface area contributed by atoms with Gasteiger partial charge in [0, 0.05) is 4.47 Å². The number of hydrogen-bond donors (Lipinski definition) is 0. The molecule has 1 rings (SSSR count). The van der Waals surface area contributed by atoms with Crippen molar-refractivity contribution in [1.82, 2.24) is 0 Å². The molecule has 0 spiro atoms. The van der Waals surface area contributed by atoms with Gasteiger partial charge in [-0.2, -0.15) is 18.4 Å². The summed E-state index contributed by atoms with van der Waals surface area (Å²) in [5, 5.41) is 8.48. The lowest BCUT2D eigenvalue weighted by molar-refractivity contribution is -0.137. The Morgan fingerprint density at radius 2 is 1.92 bits per heavy atom. The Hall–Kier alpha value is -1.02. The molecule has 0 N–H and O–H groups in total. The third kappa shape index (κ3) is 2.01. The average molecular weight is 250 g/mol. The topological polar surface area (TPSA) is 23.8 Å². The molecule has 0 radical (unpaired) electrons. The fourth-order valence-electron chi connectivity index (χ4n) is 0.874. The molecule has 0 heterocycles. The van der Waals surface area contributed by atoms with E-state index >= 15 is 0 Å². The minimum Gasteiger partial charge on any atom is -0.192 e. The van der Waals surface area contributed by atoms with Crippen LogP contribution in [0, 0.1) is 11.3 Å². The Labute approximate surface area is 80.9 Å². The normalized spacial score (nSPS) is 11.0. The van der Waals surface area contributed by atoms with Crippen molar-refractivity contribution in [3.63, 3.8) is 0 Å². The smallest absolute Gasteiger partial charge is 0.192 e. The molecule has 0 aliphatic heterocycles. The van der Waals surface area contributed by atoms with Crippen LogP contribution in [-0.4, -0.2) is 0 Å². The van der Waals surface area contributed by atoms with Crippen LogP contribution >= 0.6 is 15.9 Å². The Morgan fingerprint density at radius 1 is 1.31 bits per heavy atom. The highest BCUT2D eigenvalue weighted by Gasteiger charge is 2.34. The van der Waals surface area contributed by atoms with Crippen LogP contribution in [0.15, 0.2) is 22.7 Å². The van der Waals surface area contributed by atoms with E-state index in [-0.39, 0.29) is 10.0 Å². The highest BCUT2D eigenvalue weighted by molar-refractivity contribution is 9.10. The van der Waals surface area contributed by atoms with Crippen molar-refractivity contribution < 1.29 is 13.2 Å². The van der Waals surface area contributed by atoms with Crippen LogP contribution in [0.2, 0.25) is 0 Å². The van der Waals surface area contributed by atoms with Gasteiger partial charge in [0.1, 0.15) is 6.07 Å². The first-order valence-corrected chi connectivity index (χ1v) is 4.02. The molecule has 13 heavy (non-hydrogen) atoms. The van der Waals surface area contributed by atoms with E-state index < -0.39 is 11.7 Å². The van der Waals surface area contributed by atoms with Crippen LogP contribution in [0.3, 0.4) is 0 Å². The van der Waals surface area contributed by atoms with Gasteiger partial charge in [-0.25, -0.2) is 0 Å². The Balaban J connectivity index is 3.40. The number of nitrogens with zero attached hydrogens (tertiary/aromatic N) is 1. The van der Waals surface area contributed by atoms with Crippen molar-refractivity contribution in [1.29, 1.82) is 5.26 Å². The van der Waals surface area contributed by atoms with Crippen molar-refractivity contribution in [2.45, 2.75) is 6.18 Å². The van der Waals surface area contributed by atoms with E-state index in [1.807, 2.05) is 0 Å². The molecule has 1 aromatic rings. The van der Waals surface area contributed by atoms with Gasteiger partial charge in [-0.15, -0.1) is 0 Å². The van der Waals surface area contributed by atoms with Crippen molar-refractivity contribution in [3.05, 3.63) is 33.8 Å². The van der Waals surface area contributed by atoms with Gasteiger partial charge in [0.15, 0.2) is 0 Å². The first kappa shape index (κ1) is 10.1. The largest absolute Gasteiger partial charge is 0.417 e. The molecule has 68 valence electrons. The summed E-state index contributed by atoms with van der Waals surface area (Å²) in [6.45, 7) is 0. The monoisotopic (exact) mass is 249 g/mol. The molecule has 0 saturated carbocycles.